The third kappa shape index (κ3) is 3.13. The average molecular weight is 330 g/mol. The van der Waals surface area contributed by atoms with Crippen LogP contribution in [0.2, 0.25) is 0 Å². The van der Waals surface area contributed by atoms with E-state index in [1.54, 1.807) is 35.0 Å². The second-order valence-electron chi connectivity index (χ2n) is 5.92. The van der Waals surface area contributed by atoms with Crippen LogP contribution in [0.25, 0.3) is 11.3 Å². The topological polar surface area (TPSA) is 102 Å². The lowest BCUT2D eigenvalue weighted by molar-refractivity contribution is -0.384. The van der Waals surface area contributed by atoms with Crippen LogP contribution in [0.5, 0.6) is 0 Å². The van der Waals surface area contributed by atoms with Crippen molar-refractivity contribution >= 4 is 11.6 Å². The maximum Gasteiger partial charge on any atom is 0.269 e. The monoisotopic (exact) mass is 330 g/mol. The van der Waals surface area contributed by atoms with E-state index in [9.17, 15) is 20.0 Å². The zero-order valence-electron chi connectivity index (χ0n) is 13.3. The summed E-state index contributed by atoms with van der Waals surface area (Å²) in [5.74, 6) is -0.185. The number of aliphatic hydroxyl groups excluding tert-OH is 1. The number of piperidine rings is 1. The molecule has 126 valence electrons. The van der Waals surface area contributed by atoms with E-state index in [1.165, 1.54) is 12.1 Å². The number of aromatic nitrogens is 2. The van der Waals surface area contributed by atoms with Crippen molar-refractivity contribution in [1.29, 1.82) is 0 Å². The van der Waals surface area contributed by atoms with Crippen molar-refractivity contribution in [2.45, 2.75) is 18.9 Å². The fourth-order valence-corrected chi connectivity index (χ4v) is 2.91. The molecular weight excluding hydrogens is 312 g/mol. The van der Waals surface area contributed by atoms with Crippen molar-refractivity contribution < 1.29 is 14.8 Å². The minimum atomic E-state index is -0.498. The lowest BCUT2D eigenvalue weighted by atomic mass is 10.0. The summed E-state index contributed by atoms with van der Waals surface area (Å²) >= 11 is 0. The van der Waals surface area contributed by atoms with Crippen molar-refractivity contribution in [1.82, 2.24) is 14.7 Å². The fourth-order valence-electron chi connectivity index (χ4n) is 2.91. The molecule has 1 atom stereocenters. The molecule has 2 aromatic rings. The minimum absolute atomic E-state index is 0.0123. The van der Waals surface area contributed by atoms with Gasteiger partial charge in [-0.25, -0.2) is 0 Å². The highest BCUT2D eigenvalue weighted by Gasteiger charge is 2.26. The number of carbonyl (C=O) groups is 1. The van der Waals surface area contributed by atoms with Crippen LogP contribution in [0.3, 0.4) is 0 Å². The standard InChI is InChI=1S/C16H18N4O4/c1-18-10-14(16(22)19-8-2-3-13(21)9-19)15(17-18)11-4-6-12(7-5-11)20(23)24/h4-7,10,13,21H,2-3,8-9H2,1H3. The summed E-state index contributed by atoms with van der Waals surface area (Å²) in [6.07, 6.45) is 2.61. The zero-order chi connectivity index (χ0) is 17.3. The van der Waals surface area contributed by atoms with Crippen LogP contribution in [-0.4, -0.2) is 49.8 Å². The van der Waals surface area contributed by atoms with E-state index in [-0.39, 0.29) is 11.6 Å². The van der Waals surface area contributed by atoms with Crippen LogP contribution >= 0.6 is 0 Å². The molecule has 1 unspecified atom stereocenters. The number of carbonyl (C=O) groups excluding carboxylic acids is 1. The smallest absolute Gasteiger partial charge is 0.269 e. The van der Waals surface area contributed by atoms with Crippen LogP contribution in [0.4, 0.5) is 5.69 Å². The molecule has 1 saturated heterocycles. The Bertz CT molecular complexity index is 769. The third-order valence-corrected chi connectivity index (χ3v) is 4.09. The normalized spacial score (nSPS) is 17.8. The van der Waals surface area contributed by atoms with Crippen LogP contribution in [0.1, 0.15) is 23.2 Å². The first-order valence-electron chi connectivity index (χ1n) is 7.71. The largest absolute Gasteiger partial charge is 0.391 e. The number of hydrogen-bond donors (Lipinski definition) is 1. The number of hydrogen-bond acceptors (Lipinski definition) is 5. The fraction of sp³-hybridized carbons (Fsp3) is 0.375. The van der Waals surface area contributed by atoms with Crippen molar-refractivity contribution in [2.75, 3.05) is 13.1 Å². The van der Waals surface area contributed by atoms with E-state index < -0.39 is 11.0 Å². The second-order valence-corrected chi connectivity index (χ2v) is 5.92. The van der Waals surface area contributed by atoms with Crippen LogP contribution in [0.15, 0.2) is 30.5 Å². The predicted octanol–water partition coefficient (Wildman–Crippen LogP) is 1.59. The molecule has 1 aliphatic rings. The van der Waals surface area contributed by atoms with Crippen molar-refractivity contribution in [3.05, 3.63) is 46.1 Å². The Morgan fingerprint density at radius 3 is 2.71 bits per heavy atom. The molecule has 8 nitrogen and oxygen atoms in total. The highest BCUT2D eigenvalue weighted by Crippen LogP contribution is 2.26. The number of likely N-dealkylation sites (tertiary alicyclic amines) is 1. The molecule has 2 heterocycles. The Balaban J connectivity index is 1.92. The lowest BCUT2D eigenvalue weighted by Crippen LogP contribution is -2.42. The Kier molecular flexibility index (Phi) is 4.30. The summed E-state index contributed by atoms with van der Waals surface area (Å²) in [4.78, 5) is 24.7. The van der Waals surface area contributed by atoms with Crippen LogP contribution in [-0.2, 0) is 7.05 Å². The van der Waals surface area contributed by atoms with E-state index in [1.807, 2.05) is 0 Å². The Morgan fingerprint density at radius 1 is 1.38 bits per heavy atom. The summed E-state index contributed by atoms with van der Waals surface area (Å²) in [5, 5.41) is 24.9. The number of benzene rings is 1. The number of β-amino-alcohol motifs (C(OH)–C–C–N with tert-alkyl or cyclic N) is 1. The molecule has 1 amide bonds. The summed E-state index contributed by atoms with van der Waals surface area (Å²) in [6.45, 7) is 0.915. The Labute approximate surface area is 138 Å². The molecular formula is C16H18N4O4. The van der Waals surface area contributed by atoms with E-state index >= 15 is 0 Å². The van der Waals surface area contributed by atoms with E-state index in [0.29, 0.717) is 36.3 Å². The van der Waals surface area contributed by atoms with Gasteiger partial charge in [-0.15, -0.1) is 0 Å². The van der Waals surface area contributed by atoms with Gasteiger partial charge in [-0.1, -0.05) is 0 Å². The Hall–Kier alpha value is -2.74. The second kappa shape index (κ2) is 6.40. The first kappa shape index (κ1) is 16.1. The summed E-state index contributed by atoms with van der Waals surface area (Å²) in [5.41, 5.74) is 1.54. The number of nitro benzene ring substituents is 1. The SMILES string of the molecule is Cn1cc(C(=O)N2CCCC(O)C2)c(-c2ccc([N+](=O)[O-])cc2)n1. The van der Waals surface area contributed by atoms with Gasteiger partial charge in [0.15, 0.2) is 0 Å². The quantitative estimate of drug-likeness (QED) is 0.680. The van der Waals surface area contributed by atoms with E-state index in [2.05, 4.69) is 5.10 Å². The minimum Gasteiger partial charge on any atom is -0.391 e. The molecule has 8 heteroatoms. The van der Waals surface area contributed by atoms with Crippen molar-refractivity contribution in [3.63, 3.8) is 0 Å². The number of nitrogens with zero attached hydrogens (tertiary/aromatic N) is 4. The molecule has 1 aromatic carbocycles. The maximum absolute atomic E-state index is 12.8. The molecule has 3 rings (SSSR count). The first-order valence-corrected chi connectivity index (χ1v) is 7.71. The van der Waals surface area contributed by atoms with Crippen molar-refractivity contribution in [3.8, 4) is 11.3 Å². The van der Waals surface area contributed by atoms with Gasteiger partial charge in [-0.05, 0) is 25.0 Å². The molecule has 1 aliphatic heterocycles. The number of nitro groups is 1. The molecule has 0 spiro atoms. The van der Waals surface area contributed by atoms with Crippen LogP contribution in [0, 0.1) is 10.1 Å². The van der Waals surface area contributed by atoms with Gasteiger partial charge < -0.3 is 10.0 Å². The van der Waals surface area contributed by atoms with Gasteiger partial charge in [-0.2, -0.15) is 5.10 Å². The lowest BCUT2D eigenvalue weighted by Gasteiger charge is -2.30. The molecule has 1 aromatic heterocycles. The number of amides is 1. The van der Waals surface area contributed by atoms with Gasteiger partial charge in [0, 0.05) is 44.0 Å². The van der Waals surface area contributed by atoms with E-state index in [0.717, 1.165) is 6.42 Å². The molecule has 0 aliphatic carbocycles. The summed E-state index contributed by atoms with van der Waals surface area (Å²) in [6, 6.07) is 5.95. The zero-order valence-corrected chi connectivity index (χ0v) is 13.3. The first-order chi connectivity index (χ1) is 11.5. The number of aryl methyl sites for hydroxylation is 1. The molecule has 0 radical (unpaired) electrons. The highest BCUT2D eigenvalue weighted by atomic mass is 16.6. The number of non-ortho nitro benzene ring substituents is 1. The maximum atomic E-state index is 12.8. The Morgan fingerprint density at radius 2 is 2.08 bits per heavy atom. The number of aliphatic hydroxyl groups is 1. The molecule has 1 fully saturated rings. The van der Waals surface area contributed by atoms with Gasteiger partial charge in [0.25, 0.3) is 11.6 Å². The molecule has 0 saturated carbocycles. The van der Waals surface area contributed by atoms with Crippen LogP contribution < -0.4 is 0 Å². The van der Waals surface area contributed by atoms with Gasteiger partial charge in [-0.3, -0.25) is 19.6 Å². The predicted molar refractivity (Wildman–Crippen MR) is 86.4 cm³/mol. The number of rotatable bonds is 3. The summed E-state index contributed by atoms with van der Waals surface area (Å²) < 4.78 is 1.55. The van der Waals surface area contributed by atoms with Gasteiger partial charge >= 0.3 is 0 Å². The van der Waals surface area contributed by atoms with E-state index in [4.69, 9.17) is 0 Å². The van der Waals surface area contributed by atoms with Gasteiger partial charge in [0.1, 0.15) is 5.69 Å². The van der Waals surface area contributed by atoms with Gasteiger partial charge in [0.2, 0.25) is 0 Å². The van der Waals surface area contributed by atoms with Crippen molar-refractivity contribution in [2.24, 2.45) is 7.05 Å². The average Bonchev–Trinajstić information content (AvgIpc) is 2.96. The molecule has 1 N–H and O–H groups in total. The molecule has 0 bridgehead atoms. The highest BCUT2D eigenvalue weighted by molar-refractivity contribution is 5.99. The third-order valence-electron chi connectivity index (χ3n) is 4.09. The summed E-state index contributed by atoms with van der Waals surface area (Å²) in [7, 11) is 1.72. The van der Waals surface area contributed by atoms with Gasteiger partial charge in [0.05, 0.1) is 16.6 Å². The molecule has 24 heavy (non-hydrogen) atoms.